The van der Waals surface area contributed by atoms with Crippen molar-refractivity contribution in [3.05, 3.63) is 22.4 Å². The third-order valence-electron chi connectivity index (χ3n) is 5.71. The fourth-order valence-corrected chi connectivity index (χ4v) is 5.16. The number of nitrogens with two attached hydrogens (primary N) is 1. The number of aliphatic imine (C=N–C) groups is 1. The molecule has 0 radical (unpaired) electrons. The Morgan fingerprint density at radius 3 is 2.79 bits per heavy atom. The monoisotopic (exact) mass is 533 g/mol. The van der Waals surface area contributed by atoms with Crippen molar-refractivity contribution in [1.29, 1.82) is 0 Å². The highest BCUT2D eigenvalue weighted by Gasteiger charge is 2.25. The Morgan fingerprint density at radius 2 is 2.07 bits per heavy atom. The Kier molecular flexibility index (Phi) is 10.7. The van der Waals surface area contributed by atoms with E-state index in [0.717, 1.165) is 58.1 Å². The topological polar surface area (TPSA) is 74.0 Å². The number of likely N-dealkylation sites (tertiary alicyclic amines) is 2. The van der Waals surface area contributed by atoms with Crippen molar-refractivity contribution in [2.24, 2.45) is 22.6 Å². The van der Waals surface area contributed by atoms with Crippen molar-refractivity contribution in [2.75, 3.05) is 39.3 Å². The van der Waals surface area contributed by atoms with Crippen molar-refractivity contribution >= 4 is 47.2 Å². The van der Waals surface area contributed by atoms with Gasteiger partial charge < -0.3 is 16.0 Å². The standard InChI is InChI=1S/C21H35N5OS.HI/c1-2-23-21(26-10-4-6-17(15-26)12-20(22)27)24-13-18-7-3-9-25(14-18)16-19-8-5-11-28-19;/h5,8,11,17-18H,2-4,6-7,9-10,12-16H2,1H3,(H2,22,27)(H,23,24);1H. The predicted molar refractivity (Wildman–Crippen MR) is 132 cm³/mol. The molecule has 2 saturated heterocycles. The van der Waals surface area contributed by atoms with Gasteiger partial charge in [0.05, 0.1) is 0 Å². The molecule has 0 saturated carbocycles. The van der Waals surface area contributed by atoms with Crippen LogP contribution in [0.1, 0.15) is 43.9 Å². The first kappa shape index (κ1) is 24.4. The van der Waals surface area contributed by atoms with Gasteiger partial charge in [0.2, 0.25) is 5.91 Å². The molecule has 0 aliphatic carbocycles. The summed E-state index contributed by atoms with van der Waals surface area (Å²) in [5.74, 6) is 1.79. The van der Waals surface area contributed by atoms with Crippen LogP contribution in [-0.4, -0.2) is 60.9 Å². The van der Waals surface area contributed by atoms with E-state index in [1.54, 1.807) is 0 Å². The quantitative estimate of drug-likeness (QED) is 0.321. The first-order valence-corrected chi connectivity index (χ1v) is 11.6. The van der Waals surface area contributed by atoms with Gasteiger partial charge in [0.25, 0.3) is 0 Å². The van der Waals surface area contributed by atoms with Crippen LogP contribution in [0.2, 0.25) is 0 Å². The SMILES string of the molecule is CCNC(=NCC1CCCN(Cc2cccs2)C1)N1CCCC(CC(N)=O)C1.I. The second-order valence-electron chi connectivity index (χ2n) is 8.14. The Hall–Kier alpha value is -0.870. The van der Waals surface area contributed by atoms with E-state index in [1.807, 2.05) is 11.3 Å². The van der Waals surface area contributed by atoms with Gasteiger partial charge in [-0.15, -0.1) is 35.3 Å². The minimum Gasteiger partial charge on any atom is -0.370 e. The molecular weight excluding hydrogens is 497 g/mol. The minimum atomic E-state index is -0.193. The van der Waals surface area contributed by atoms with Gasteiger partial charge in [0.15, 0.2) is 5.96 Å². The van der Waals surface area contributed by atoms with E-state index < -0.39 is 0 Å². The van der Waals surface area contributed by atoms with Crippen LogP contribution in [0.4, 0.5) is 0 Å². The maximum absolute atomic E-state index is 11.3. The molecule has 2 fully saturated rings. The van der Waals surface area contributed by atoms with Gasteiger partial charge in [-0.3, -0.25) is 14.7 Å². The molecular formula is C21H36IN5OS. The van der Waals surface area contributed by atoms with Crippen LogP contribution in [0.3, 0.4) is 0 Å². The molecule has 3 N–H and O–H groups in total. The molecule has 1 aromatic rings. The maximum Gasteiger partial charge on any atom is 0.217 e. The molecule has 1 aromatic heterocycles. The number of carbonyl (C=O) groups excluding carboxylic acids is 1. The molecule has 3 heterocycles. The van der Waals surface area contributed by atoms with Gasteiger partial charge >= 0.3 is 0 Å². The highest BCUT2D eigenvalue weighted by molar-refractivity contribution is 14.0. The lowest BCUT2D eigenvalue weighted by molar-refractivity contribution is -0.119. The van der Waals surface area contributed by atoms with Gasteiger partial charge in [0, 0.05) is 50.6 Å². The Morgan fingerprint density at radius 1 is 1.28 bits per heavy atom. The van der Waals surface area contributed by atoms with E-state index in [-0.39, 0.29) is 29.9 Å². The van der Waals surface area contributed by atoms with Crippen LogP contribution in [0, 0.1) is 11.8 Å². The lowest BCUT2D eigenvalue weighted by atomic mass is 9.95. The molecule has 0 aromatic carbocycles. The van der Waals surface area contributed by atoms with Crippen LogP contribution in [0.25, 0.3) is 0 Å². The van der Waals surface area contributed by atoms with Crippen molar-refractivity contribution in [2.45, 2.75) is 45.6 Å². The number of guanidine groups is 1. The van der Waals surface area contributed by atoms with Crippen molar-refractivity contribution in [1.82, 2.24) is 15.1 Å². The minimum absolute atomic E-state index is 0. The van der Waals surface area contributed by atoms with Crippen LogP contribution < -0.4 is 11.1 Å². The molecule has 0 spiro atoms. The number of halogens is 1. The second-order valence-corrected chi connectivity index (χ2v) is 9.17. The Labute approximate surface area is 196 Å². The molecule has 6 nitrogen and oxygen atoms in total. The zero-order chi connectivity index (χ0) is 19.8. The predicted octanol–water partition coefficient (Wildman–Crippen LogP) is 3.13. The lowest BCUT2D eigenvalue weighted by Gasteiger charge is -2.35. The number of nitrogens with one attached hydrogen (secondary N) is 1. The third kappa shape index (κ3) is 8.05. The first-order valence-electron chi connectivity index (χ1n) is 10.7. The van der Waals surface area contributed by atoms with Crippen LogP contribution in [-0.2, 0) is 11.3 Å². The molecule has 1 amide bonds. The largest absolute Gasteiger partial charge is 0.370 e. The molecule has 0 bridgehead atoms. The van der Waals surface area contributed by atoms with Crippen LogP contribution in [0.15, 0.2) is 22.5 Å². The summed E-state index contributed by atoms with van der Waals surface area (Å²) in [6.45, 7) is 9.14. The highest BCUT2D eigenvalue weighted by Crippen LogP contribution is 2.22. The summed E-state index contributed by atoms with van der Waals surface area (Å²) in [6.07, 6.45) is 5.18. The van der Waals surface area contributed by atoms with Gasteiger partial charge in [-0.05, 0) is 62.4 Å². The number of nitrogens with zero attached hydrogens (tertiary/aromatic N) is 3. The summed E-state index contributed by atoms with van der Waals surface area (Å²) in [5.41, 5.74) is 5.41. The van der Waals surface area contributed by atoms with E-state index in [2.05, 4.69) is 39.6 Å². The van der Waals surface area contributed by atoms with Crippen molar-refractivity contribution in [3.63, 3.8) is 0 Å². The summed E-state index contributed by atoms with van der Waals surface area (Å²) in [5, 5.41) is 5.62. The molecule has 2 unspecified atom stereocenters. The number of hydrogen-bond donors (Lipinski definition) is 2. The Balaban J connectivity index is 0.00000300. The van der Waals surface area contributed by atoms with E-state index >= 15 is 0 Å². The number of carbonyl (C=O) groups is 1. The first-order chi connectivity index (χ1) is 13.6. The zero-order valence-electron chi connectivity index (χ0n) is 17.5. The maximum atomic E-state index is 11.3. The lowest BCUT2D eigenvalue weighted by Crippen LogP contribution is -2.47. The molecule has 3 rings (SSSR count). The molecule has 2 aliphatic heterocycles. The van der Waals surface area contributed by atoms with Gasteiger partial charge in [-0.25, -0.2) is 0 Å². The highest BCUT2D eigenvalue weighted by atomic mass is 127. The number of thiophene rings is 1. The number of piperidine rings is 2. The van der Waals surface area contributed by atoms with E-state index in [1.165, 1.54) is 24.3 Å². The molecule has 29 heavy (non-hydrogen) atoms. The Bertz CT molecular complexity index is 639. The van der Waals surface area contributed by atoms with Gasteiger partial charge in [-0.2, -0.15) is 0 Å². The van der Waals surface area contributed by atoms with Crippen molar-refractivity contribution < 1.29 is 4.79 Å². The van der Waals surface area contributed by atoms with Gasteiger partial charge in [0.1, 0.15) is 0 Å². The smallest absolute Gasteiger partial charge is 0.217 e. The average Bonchev–Trinajstić information content (AvgIpc) is 3.18. The summed E-state index contributed by atoms with van der Waals surface area (Å²) in [4.78, 5) is 22.6. The molecule has 2 atom stereocenters. The number of amides is 1. The van der Waals surface area contributed by atoms with E-state index in [0.29, 0.717) is 18.3 Å². The molecule has 8 heteroatoms. The average molecular weight is 534 g/mol. The number of rotatable bonds is 7. The van der Waals surface area contributed by atoms with E-state index in [9.17, 15) is 4.79 Å². The summed E-state index contributed by atoms with van der Waals surface area (Å²) < 4.78 is 0. The van der Waals surface area contributed by atoms with Gasteiger partial charge in [-0.1, -0.05) is 6.07 Å². The number of primary amides is 1. The molecule has 2 aliphatic rings. The fraction of sp³-hybridized carbons (Fsp3) is 0.714. The summed E-state index contributed by atoms with van der Waals surface area (Å²) >= 11 is 1.85. The van der Waals surface area contributed by atoms with Crippen LogP contribution >= 0.6 is 35.3 Å². The van der Waals surface area contributed by atoms with Crippen LogP contribution in [0.5, 0.6) is 0 Å². The number of hydrogen-bond acceptors (Lipinski definition) is 4. The fourth-order valence-electron chi connectivity index (χ4n) is 4.42. The third-order valence-corrected chi connectivity index (χ3v) is 6.57. The summed E-state index contributed by atoms with van der Waals surface area (Å²) in [6, 6.07) is 4.37. The second kappa shape index (κ2) is 12.7. The summed E-state index contributed by atoms with van der Waals surface area (Å²) in [7, 11) is 0. The zero-order valence-corrected chi connectivity index (χ0v) is 20.7. The molecule has 164 valence electrons. The van der Waals surface area contributed by atoms with E-state index in [4.69, 9.17) is 10.7 Å². The normalized spacial score (nSPS) is 23.5. The van der Waals surface area contributed by atoms with Crippen molar-refractivity contribution in [3.8, 4) is 0 Å².